The fourth-order valence-corrected chi connectivity index (χ4v) is 2.74. The van der Waals surface area contributed by atoms with Crippen molar-refractivity contribution < 1.29 is 22.8 Å². The van der Waals surface area contributed by atoms with Gasteiger partial charge < -0.3 is 4.90 Å². The molecule has 1 aromatic carbocycles. The maximum atomic E-state index is 14.3. The average molecular weight is 375 g/mol. The van der Waals surface area contributed by atoms with Crippen LogP contribution in [0.4, 0.5) is 13.2 Å². The van der Waals surface area contributed by atoms with E-state index < -0.39 is 18.2 Å². The Balaban J connectivity index is 1.71. The van der Waals surface area contributed by atoms with Gasteiger partial charge in [-0.3, -0.25) is 14.5 Å². The lowest BCUT2D eigenvalue weighted by atomic mass is 10.1. The molecule has 0 atom stereocenters. The number of hydrogen-bond acceptors (Lipinski definition) is 3. The van der Waals surface area contributed by atoms with Crippen LogP contribution in [-0.2, 0) is 16.1 Å². The van der Waals surface area contributed by atoms with Gasteiger partial charge in [-0.05, 0) is 24.1 Å². The largest absolute Gasteiger partial charge is 0.327 e. The average Bonchev–Trinajstić information content (AvgIpc) is 2.78. The summed E-state index contributed by atoms with van der Waals surface area (Å²) >= 11 is 0. The van der Waals surface area contributed by atoms with E-state index in [1.165, 1.54) is 41.4 Å². The van der Waals surface area contributed by atoms with Crippen molar-refractivity contribution >= 4 is 17.6 Å². The summed E-state index contributed by atoms with van der Waals surface area (Å²) < 4.78 is 39.5. The Bertz CT molecular complexity index is 897. The lowest BCUT2D eigenvalue weighted by Crippen LogP contribution is -2.55. The third-order valence-corrected chi connectivity index (χ3v) is 4.17. The van der Waals surface area contributed by atoms with E-state index in [2.05, 4.69) is 10.7 Å². The molecule has 0 aromatic heterocycles. The predicted molar refractivity (Wildman–Crippen MR) is 92.4 cm³/mol. The molecule has 1 saturated heterocycles. The standard InChI is InChI=1S/C19H16F3N3O2/c1-12-6-7-23-19(15(20)8-12)25-11-16(26)24(10-17(25)27)9-13-2-4-14(5-3-13)18(21)22/h2-5,7-8,18H,9-11H2,1H3. The van der Waals surface area contributed by atoms with Crippen LogP contribution in [0.5, 0.6) is 0 Å². The highest BCUT2D eigenvalue weighted by Crippen LogP contribution is 2.20. The zero-order valence-corrected chi connectivity index (χ0v) is 14.5. The number of allylic oxidation sites excluding steroid dienone is 2. The number of amides is 2. The number of piperazine rings is 1. The molecule has 1 fully saturated rings. The Kier molecular flexibility index (Phi) is 5.28. The Labute approximate surface area is 153 Å². The number of amidine groups is 1. The van der Waals surface area contributed by atoms with Gasteiger partial charge >= 0.3 is 0 Å². The minimum atomic E-state index is -2.57. The third-order valence-electron chi connectivity index (χ3n) is 4.17. The Hall–Kier alpha value is -3.12. The molecule has 8 heteroatoms. The summed E-state index contributed by atoms with van der Waals surface area (Å²) in [7, 11) is 0. The molecule has 2 aliphatic rings. The lowest BCUT2D eigenvalue weighted by molar-refractivity contribution is -0.147. The Morgan fingerprint density at radius 1 is 1.15 bits per heavy atom. The minimum absolute atomic E-state index is 0.104. The van der Waals surface area contributed by atoms with E-state index in [0.717, 1.165) is 4.90 Å². The summed E-state index contributed by atoms with van der Waals surface area (Å²) in [4.78, 5) is 31.0. The number of benzene rings is 1. The molecule has 27 heavy (non-hydrogen) atoms. The number of carbonyl (C=O) groups excluding carboxylic acids is 2. The van der Waals surface area contributed by atoms with Gasteiger partial charge in [-0.1, -0.05) is 30.0 Å². The van der Waals surface area contributed by atoms with Crippen molar-refractivity contribution in [3.05, 3.63) is 64.8 Å². The summed E-state index contributed by atoms with van der Waals surface area (Å²) in [6, 6.07) is 5.54. The summed E-state index contributed by atoms with van der Waals surface area (Å²) in [6.07, 6.45) is -0.124. The van der Waals surface area contributed by atoms with Gasteiger partial charge in [0, 0.05) is 12.1 Å². The molecule has 2 aliphatic heterocycles. The zero-order valence-electron chi connectivity index (χ0n) is 14.5. The quantitative estimate of drug-likeness (QED) is 0.763. The molecule has 2 amide bonds. The predicted octanol–water partition coefficient (Wildman–Crippen LogP) is 3.12. The molecule has 3 rings (SSSR count). The molecule has 140 valence electrons. The summed E-state index contributed by atoms with van der Waals surface area (Å²) in [5, 5.41) is 0. The molecule has 0 bridgehead atoms. The number of nitrogens with zero attached hydrogens (tertiary/aromatic N) is 3. The van der Waals surface area contributed by atoms with Gasteiger partial charge in [-0.15, -0.1) is 0 Å². The fourth-order valence-electron chi connectivity index (χ4n) is 2.74. The van der Waals surface area contributed by atoms with Crippen LogP contribution in [0.15, 0.2) is 58.7 Å². The topological polar surface area (TPSA) is 53.0 Å². The van der Waals surface area contributed by atoms with E-state index in [1.54, 1.807) is 6.92 Å². The molecule has 0 radical (unpaired) electrons. The van der Waals surface area contributed by atoms with Crippen LogP contribution in [0.2, 0.25) is 0 Å². The Morgan fingerprint density at radius 3 is 2.52 bits per heavy atom. The van der Waals surface area contributed by atoms with Crippen molar-refractivity contribution in [2.24, 2.45) is 4.99 Å². The molecule has 0 spiro atoms. The second-order valence-electron chi connectivity index (χ2n) is 6.17. The van der Waals surface area contributed by atoms with Gasteiger partial charge in [0.1, 0.15) is 13.1 Å². The number of hydrogen-bond donors (Lipinski definition) is 0. The molecule has 0 unspecified atom stereocenters. The third kappa shape index (κ3) is 4.17. The smallest absolute Gasteiger partial charge is 0.263 e. The number of alkyl halides is 2. The normalized spacial score (nSPS) is 17.7. The van der Waals surface area contributed by atoms with Crippen molar-refractivity contribution in [3.63, 3.8) is 0 Å². The second-order valence-corrected chi connectivity index (χ2v) is 6.17. The van der Waals surface area contributed by atoms with Crippen LogP contribution in [0.3, 0.4) is 0 Å². The molecule has 5 nitrogen and oxygen atoms in total. The minimum Gasteiger partial charge on any atom is -0.327 e. The maximum Gasteiger partial charge on any atom is 0.263 e. The molecule has 0 aliphatic carbocycles. The first kappa shape index (κ1) is 18.7. The summed E-state index contributed by atoms with van der Waals surface area (Å²) in [6.45, 7) is 1.14. The number of halogens is 3. The SMILES string of the molecule is CC1=C=CN=C(N2CC(=O)N(Cc3ccc(C(F)F)cc3)CC2=O)C(F)=C1. The first-order valence-electron chi connectivity index (χ1n) is 8.17. The second kappa shape index (κ2) is 7.63. The van der Waals surface area contributed by atoms with Gasteiger partial charge in [0.25, 0.3) is 6.43 Å². The van der Waals surface area contributed by atoms with Crippen molar-refractivity contribution in [2.75, 3.05) is 13.1 Å². The van der Waals surface area contributed by atoms with Crippen molar-refractivity contribution in [2.45, 2.75) is 19.9 Å². The molecule has 2 heterocycles. The first-order chi connectivity index (χ1) is 12.8. The summed E-state index contributed by atoms with van der Waals surface area (Å²) in [5.74, 6) is -1.81. The van der Waals surface area contributed by atoms with Crippen molar-refractivity contribution in [3.8, 4) is 0 Å². The van der Waals surface area contributed by atoms with E-state index in [4.69, 9.17) is 0 Å². The van der Waals surface area contributed by atoms with Crippen molar-refractivity contribution in [1.29, 1.82) is 0 Å². The number of aliphatic imine (C=N–C) groups is 1. The van der Waals surface area contributed by atoms with E-state index in [9.17, 15) is 22.8 Å². The van der Waals surface area contributed by atoms with Crippen LogP contribution < -0.4 is 0 Å². The molecule has 0 saturated carbocycles. The first-order valence-corrected chi connectivity index (χ1v) is 8.17. The van der Waals surface area contributed by atoms with Gasteiger partial charge in [-0.25, -0.2) is 18.2 Å². The van der Waals surface area contributed by atoms with Crippen molar-refractivity contribution in [1.82, 2.24) is 9.80 Å². The molecule has 1 aromatic rings. The highest BCUT2D eigenvalue weighted by atomic mass is 19.3. The fraction of sp³-hybridized carbons (Fsp3) is 0.263. The maximum absolute atomic E-state index is 14.3. The highest BCUT2D eigenvalue weighted by molar-refractivity contribution is 6.11. The van der Waals surface area contributed by atoms with Crippen LogP contribution in [0.25, 0.3) is 0 Å². The van der Waals surface area contributed by atoms with Gasteiger partial charge in [-0.2, -0.15) is 0 Å². The van der Waals surface area contributed by atoms with E-state index in [-0.39, 0.29) is 36.9 Å². The van der Waals surface area contributed by atoms with Crippen LogP contribution in [-0.4, -0.2) is 40.5 Å². The highest BCUT2D eigenvalue weighted by Gasteiger charge is 2.34. The van der Waals surface area contributed by atoms with Gasteiger partial charge in [0.05, 0.1) is 6.20 Å². The van der Waals surface area contributed by atoms with Gasteiger partial charge in [0.15, 0.2) is 11.7 Å². The number of rotatable bonds is 3. The summed E-state index contributed by atoms with van der Waals surface area (Å²) in [5.41, 5.74) is 3.74. The molecular weight excluding hydrogens is 359 g/mol. The number of carbonyl (C=O) groups is 2. The van der Waals surface area contributed by atoms with Crippen LogP contribution >= 0.6 is 0 Å². The van der Waals surface area contributed by atoms with E-state index in [1.807, 2.05) is 0 Å². The van der Waals surface area contributed by atoms with Crippen LogP contribution in [0.1, 0.15) is 24.5 Å². The van der Waals surface area contributed by atoms with E-state index in [0.29, 0.717) is 11.1 Å². The zero-order chi connectivity index (χ0) is 19.6. The monoisotopic (exact) mass is 375 g/mol. The Morgan fingerprint density at radius 2 is 1.85 bits per heavy atom. The lowest BCUT2D eigenvalue weighted by Gasteiger charge is -2.33. The van der Waals surface area contributed by atoms with Gasteiger partial charge in [0.2, 0.25) is 11.8 Å². The van der Waals surface area contributed by atoms with Crippen LogP contribution in [0, 0.1) is 0 Å². The van der Waals surface area contributed by atoms with E-state index >= 15 is 0 Å². The molecular formula is C19H16F3N3O2. The molecule has 0 N–H and O–H groups in total.